The predicted molar refractivity (Wildman–Crippen MR) is 110 cm³/mol. The van der Waals surface area contributed by atoms with E-state index in [-0.39, 0.29) is 5.60 Å². The summed E-state index contributed by atoms with van der Waals surface area (Å²) in [5, 5.41) is 5.86. The maximum Gasteiger partial charge on any atom is 0.138 e. The fraction of sp³-hybridized carbons (Fsp3) is 0.333. The van der Waals surface area contributed by atoms with Crippen molar-refractivity contribution in [2.75, 3.05) is 38.2 Å². The molecule has 1 N–H and O–H groups in total. The van der Waals surface area contributed by atoms with E-state index in [0.717, 1.165) is 54.3 Å². The van der Waals surface area contributed by atoms with Gasteiger partial charge in [-0.3, -0.25) is 4.90 Å². The Kier molecular flexibility index (Phi) is 4.55. The summed E-state index contributed by atoms with van der Waals surface area (Å²) < 4.78 is 11.6. The van der Waals surface area contributed by atoms with Crippen molar-refractivity contribution in [1.82, 2.24) is 14.9 Å². The molecule has 2 aromatic heterocycles. The highest BCUT2D eigenvalue weighted by molar-refractivity contribution is 6.29. The molecule has 6 nitrogen and oxygen atoms in total. The number of ether oxygens (including phenoxy) is 2. The van der Waals surface area contributed by atoms with Crippen LogP contribution in [0.5, 0.6) is 5.75 Å². The molecule has 1 aromatic carbocycles. The normalized spacial score (nSPS) is 17.9. The number of aromatic nitrogens is 2. The molecule has 0 atom stereocenters. The van der Waals surface area contributed by atoms with Crippen LogP contribution >= 0.6 is 11.6 Å². The summed E-state index contributed by atoms with van der Waals surface area (Å²) in [5.41, 5.74) is 1.02. The van der Waals surface area contributed by atoms with E-state index >= 15 is 0 Å². The molecule has 0 saturated carbocycles. The molecule has 1 spiro atoms. The quantitative estimate of drug-likeness (QED) is 0.638. The Bertz CT molecular complexity index is 983. The van der Waals surface area contributed by atoms with Crippen molar-refractivity contribution < 1.29 is 9.47 Å². The Morgan fingerprint density at radius 2 is 2.07 bits per heavy atom. The van der Waals surface area contributed by atoms with E-state index in [0.29, 0.717) is 11.8 Å². The van der Waals surface area contributed by atoms with Gasteiger partial charge in [0.1, 0.15) is 23.3 Å². The second-order valence-corrected chi connectivity index (χ2v) is 7.76. The first-order valence-corrected chi connectivity index (χ1v) is 9.83. The zero-order valence-electron chi connectivity index (χ0n) is 15.4. The average Bonchev–Trinajstić information content (AvgIpc) is 2.64. The van der Waals surface area contributed by atoms with E-state index < -0.39 is 0 Å². The molecule has 0 unspecified atom stereocenters. The minimum Gasteiger partial charge on any atom is -0.492 e. The second-order valence-electron chi connectivity index (χ2n) is 7.38. The van der Waals surface area contributed by atoms with E-state index in [1.807, 2.05) is 24.3 Å². The molecular formula is C21H21ClN4O2. The van der Waals surface area contributed by atoms with Crippen LogP contribution in [0.1, 0.15) is 6.42 Å². The van der Waals surface area contributed by atoms with E-state index in [9.17, 15) is 0 Å². The van der Waals surface area contributed by atoms with Crippen molar-refractivity contribution in [3.8, 4) is 5.75 Å². The Hall–Kier alpha value is -2.41. The Labute approximate surface area is 168 Å². The molecular weight excluding hydrogens is 376 g/mol. The lowest BCUT2D eigenvalue weighted by molar-refractivity contribution is -0.221. The Morgan fingerprint density at radius 1 is 1.18 bits per heavy atom. The van der Waals surface area contributed by atoms with Gasteiger partial charge < -0.3 is 14.8 Å². The van der Waals surface area contributed by atoms with Crippen LogP contribution in [0.3, 0.4) is 0 Å². The number of hydrogen-bond donors (Lipinski definition) is 1. The van der Waals surface area contributed by atoms with Crippen LogP contribution in [0, 0.1) is 0 Å². The summed E-state index contributed by atoms with van der Waals surface area (Å²) in [6.45, 7) is 4.59. The van der Waals surface area contributed by atoms with Crippen LogP contribution in [0.15, 0.2) is 48.8 Å². The SMILES string of the molecule is Clc1ccc(Nc2nccc3cc(OCCN4CC5(CCO5)C4)ccc23)cn1. The number of rotatable bonds is 6. The van der Waals surface area contributed by atoms with Crippen molar-refractivity contribution in [2.24, 2.45) is 0 Å². The van der Waals surface area contributed by atoms with Crippen LogP contribution in [-0.2, 0) is 4.74 Å². The van der Waals surface area contributed by atoms with Gasteiger partial charge in [-0.25, -0.2) is 9.97 Å². The lowest BCUT2D eigenvalue weighted by Crippen LogP contribution is -2.68. The van der Waals surface area contributed by atoms with E-state index in [4.69, 9.17) is 21.1 Å². The standard InChI is InChI=1S/C21H21ClN4O2/c22-19-4-1-16(12-24-19)25-20-18-3-2-17(11-15(18)5-7-23-20)27-10-8-26-13-21(14-26)6-9-28-21/h1-5,7,11-12H,6,8-10,13-14H2,(H,23,25). The second kappa shape index (κ2) is 7.20. The molecule has 3 aromatic rings. The molecule has 7 heteroatoms. The molecule has 0 bridgehead atoms. The van der Waals surface area contributed by atoms with Crippen molar-refractivity contribution in [3.05, 3.63) is 53.9 Å². The molecule has 2 saturated heterocycles. The summed E-state index contributed by atoms with van der Waals surface area (Å²) in [6, 6.07) is 11.7. The highest BCUT2D eigenvalue weighted by Crippen LogP contribution is 2.35. The molecule has 144 valence electrons. The van der Waals surface area contributed by atoms with Crippen LogP contribution in [0.4, 0.5) is 11.5 Å². The van der Waals surface area contributed by atoms with Gasteiger partial charge >= 0.3 is 0 Å². The number of nitrogens with zero attached hydrogens (tertiary/aromatic N) is 3. The summed E-state index contributed by atoms with van der Waals surface area (Å²) in [6.07, 6.45) is 4.68. The van der Waals surface area contributed by atoms with Gasteiger partial charge in [-0.15, -0.1) is 0 Å². The van der Waals surface area contributed by atoms with Gasteiger partial charge in [-0.1, -0.05) is 11.6 Å². The number of benzene rings is 1. The summed E-state index contributed by atoms with van der Waals surface area (Å²) >= 11 is 5.85. The van der Waals surface area contributed by atoms with Gasteiger partial charge in [0.25, 0.3) is 0 Å². The molecule has 5 rings (SSSR count). The van der Waals surface area contributed by atoms with Crippen molar-refractivity contribution >= 4 is 33.9 Å². The lowest BCUT2D eigenvalue weighted by atomic mass is 9.86. The molecule has 0 radical (unpaired) electrons. The van der Waals surface area contributed by atoms with Gasteiger partial charge in [0.2, 0.25) is 0 Å². The highest BCUT2D eigenvalue weighted by atomic mass is 35.5. The molecule has 2 aliphatic rings. The zero-order chi connectivity index (χ0) is 19.0. The zero-order valence-corrected chi connectivity index (χ0v) is 16.2. The summed E-state index contributed by atoms with van der Waals surface area (Å²) in [5.74, 6) is 1.65. The van der Waals surface area contributed by atoms with E-state index in [1.165, 1.54) is 6.42 Å². The van der Waals surface area contributed by atoms with Crippen molar-refractivity contribution in [3.63, 3.8) is 0 Å². The summed E-state index contributed by atoms with van der Waals surface area (Å²) in [7, 11) is 0. The Balaban J connectivity index is 1.22. The van der Waals surface area contributed by atoms with Gasteiger partial charge in [0, 0.05) is 37.6 Å². The number of hydrogen-bond acceptors (Lipinski definition) is 6. The number of fused-ring (bicyclic) bond motifs is 1. The number of likely N-dealkylation sites (tertiary alicyclic amines) is 1. The van der Waals surface area contributed by atoms with Crippen LogP contribution in [-0.4, -0.2) is 53.3 Å². The minimum atomic E-state index is 0.180. The van der Waals surface area contributed by atoms with Crippen LogP contribution < -0.4 is 10.1 Å². The van der Waals surface area contributed by atoms with Crippen LogP contribution in [0.2, 0.25) is 5.15 Å². The molecule has 0 aliphatic carbocycles. The van der Waals surface area contributed by atoms with Gasteiger partial charge in [0.05, 0.1) is 24.1 Å². The lowest BCUT2D eigenvalue weighted by Gasteiger charge is -2.55. The van der Waals surface area contributed by atoms with Gasteiger partial charge in [-0.2, -0.15) is 0 Å². The third-order valence-electron chi connectivity index (χ3n) is 5.39. The number of halogens is 1. The average molecular weight is 397 g/mol. The van der Waals surface area contributed by atoms with Crippen LogP contribution in [0.25, 0.3) is 10.8 Å². The van der Waals surface area contributed by atoms with E-state index in [1.54, 1.807) is 18.5 Å². The van der Waals surface area contributed by atoms with Gasteiger partial charge in [-0.05, 0) is 41.8 Å². The first-order valence-electron chi connectivity index (χ1n) is 9.46. The first-order chi connectivity index (χ1) is 13.7. The largest absolute Gasteiger partial charge is 0.492 e. The molecule has 2 aliphatic heterocycles. The maximum absolute atomic E-state index is 5.96. The first kappa shape index (κ1) is 17.7. The van der Waals surface area contributed by atoms with Crippen molar-refractivity contribution in [2.45, 2.75) is 12.0 Å². The maximum atomic E-state index is 5.96. The fourth-order valence-corrected chi connectivity index (χ4v) is 3.90. The number of nitrogens with one attached hydrogen (secondary N) is 1. The Morgan fingerprint density at radius 3 is 2.82 bits per heavy atom. The van der Waals surface area contributed by atoms with Gasteiger partial charge in [0.15, 0.2) is 0 Å². The van der Waals surface area contributed by atoms with E-state index in [2.05, 4.69) is 26.3 Å². The molecule has 2 fully saturated rings. The highest BCUT2D eigenvalue weighted by Gasteiger charge is 2.48. The third kappa shape index (κ3) is 3.51. The number of pyridine rings is 2. The molecule has 4 heterocycles. The topological polar surface area (TPSA) is 59.5 Å². The minimum absolute atomic E-state index is 0.180. The van der Waals surface area contributed by atoms with Crippen molar-refractivity contribution in [1.29, 1.82) is 0 Å². The monoisotopic (exact) mass is 396 g/mol. The molecule has 0 amide bonds. The smallest absolute Gasteiger partial charge is 0.138 e. The number of anilines is 2. The summed E-state index contributed by atoms with van der Waals surface area (Å²) in [4.78, 5) is 10.9. The fourth-order valence-electron chi connectivity index (χ4n) is 3.79. The molecule has 28 heavy (non-hydrogen) atoms. The predicted octanol–water partition coefficient (Wildman–Crippen LogP) is 3.88. The third-order valence-corrected chi connectivity index (χ3v) is 5.62.